The molecule has 4 heteroatoms. The van der Waals surface area contributed by atoms with Gasteiger partial charge >= 0.3 is 6.03 Å². The average molecular weight is 436 g/mol. The molecule has 0 saturated carbocycles. The second-order valence-corrected chi connectivity index (χ2v) is 9.08. The van der Waals surface area contributed by atoms with E-state index in [1.165, 1.54) is 5.56 Å². The molecule has 0 aliphatic carbocycles. The lowest BCUT2D eigenvalue weighted by atomic mass is 9.97. The Morgan fingerprint density at radius 3 is 2.36 bits per heavy atom. The van der Waals surface area contributed by atoms with Crippen LogP contribution in [0.15, 0.2) is 91.1 Å². The zero-order valence-electron chi connectivity index (χ0n) is 19.3. The van der Waals surface area contributed by atoms with Gasteiger partial charge in [-0.25, -0.2) is 4.79 Å². The number of aromatic nitrogens is 1. The molecule has 0 radical (unpaired) electrons. The molecule has 0 saturated heterocycles. The highest BCUT2D eigenvalue weighted by Crippen LogP contribution is 2.37. The summed E-state index contributed by atoms with van der Waals surface area (Å²) < 4.78 is 2.22. The van der Waals surface area contributed by atoms with Crippen molar-refractivity contribution in [1.82, 2.24) is 9.47 Å². The first-order chi connectivity index (χ1) is 16.0. The number of rotatable bonds is 3. The van der Waals surface area contributed by atoms with Crippen molar-refractivity contribution in [2.24, 2.45) is 0 Å². The highest BCUT2D eigenvalue weighted by molar-refractivity contribution is 5.90. The fourth-order valence-electron chi connectivity index (χ4n) is 4.59. The maximum Gasteiger partial charge on any atom is 0.322 e. The summed E-state index contributed by atoms with van der Waals surface area (Å²) in [4.78, 5) is 15.7. The zero-order valence-corrected chi connectivity index (χ0v) is 19.3. The van der Waals surface area contributed by atoms with E-state index in [1.807, 2.05) is 42.2 Å². The molecule has 1 N–H and O–H groups in total. The van der Waals surface area contributed by atoms with Crippen LogP contribution in [-0.2, 0) is 6.54 Å². The fraction of sp³-hybridized carbons (Fsp3) is 0.207. The van der Waals surface area contributed by atoms with Gasteiger partial charge in [-0.15, -0.1) is 0 Å². The Bertz CT molecular complexity index is 1270. The van der Waals surface area contributed by atoms with E-state index in [0.29, 0.717) is 12.5 Å². The predicted octanol–water partition coefficient (Wildman–Crippen LogP) is 7.05. The number of para-hydroxylation sites is 1. The third-order valence-corrected chi connectivity index (χ3v) is 6.45. The van der Waals surface area contributed by atoms with Gasteiger partial charge in [0.1, 0.15) is 0 Å². The molecule has 1 aliphatic rings. The normalized spacial score (nSPS) is 15.0. The van der Waals surface area contributed by atoms with Gasteiger partial charge in [-0.2, -0.15) is 0 Å². The largest absolute Gasteiger partial charge is 0.322 e. The van der Waals surface area contributed by atoms with Crippen molar-refractivity contribution in [1.29, 1.82) is 0 Å². The molecular formula is C29H29N3O. The number of carbonyl (C=O) groups is 1. The van der Waals surface area contributed by atoms with Crippen LogP contribution in [0.5, 0.6) is 0 Å². The first kappa shape index (κ1) is 21.1. The Labute approximate surface area is 195 Å². The first-order valence-corrected chi connectivity index (χ1v) is 11.5. The van der Waals surface area contributed by atoms with Gasteiger partial charge in [-0.05, 0) is 59.9 Å². The third kappa shape index (κ3) is 4.05. The van der Waals surface area contributed by atoms with Gasteiger partial charge in [-0.3, -0.25) is 0 Å². The standard InChI is InChI=1S/C29H29N3O/c1-20(2)22-12-14-23(15-13-22)28-27-9-6-18-31(27)26-8-5-4-7-24(26)19-32(28)29(33)30-25-16-10-21(3)11-17-25/h4-18,20,28H,19H2,1-3H3,(H,30,33). The summed E-state index contributed by atoms with van der Waals surface area (Å²) in [7, 11) is 0. The van der Waals surface area contributed by atoms with E-state index in [1.54, 1.807) is 0 Å². The maximum atomic E-state index is 13.7. The first-order valence-electron chi connectivity index (χ1n) is 11.5. The van der Waals surface area contributed by atoms with Gasteiger partial charge < -0.3 is 14.8 Å². The van der Waals surface area contributed by atoms with Crippen molar-refractivity contribution < 1.29 is 4.79 Å². The van der Waals surface area contributed by atoms with Crippen LogP contribution in [0.25, 0.3) is 5.69 Å². The predicted molar refractivity (Wildman–Crippen MR) is 134 cm³/mol. The lowest BCUT2D eigenvalue weighted by Gasteiger charge is -2.31. The number of anilines is 1. The van der Waals surface area contributed by atoms with Gasteiger partial charge in [0.2, 0.25) is 0 Å². The lowest BCUT2D eigenvalue weighted by Crippen LogP contribution is -2.37. The number of hydrogen-bond donors (Lipinski definition) is 1. The van der Waals surface area contributed by atoms with Crippen LogP contribution in [-0.4, -0.2) is 15.5 Å². The molecule has 1 aliphatic heterocycles. The minimum atomic E-state index is -0.209. The zero-order chi connectivity index (χ0) is 22.9. The fourth-order valence-corrected chi connectivity index (χ4v) is 4.59. The second kappa shape index (κ2) is 8.62. The highest BCUT2D eigenvalue weighted by atomic mass is 16.2. The van der Waals surface area contributed by atoms with Crippen LogP contribution in [0.3, 0.4) is 0 Å². The molecule has 1 aromatic heterocycles. The second-order valence-electron chi connectivity index (χ2n) is 9.08. The van der Waals surface area contributed by atoms with Crippen molar-refractivity contribution >= 4 is 11.7 Å². The van der Waals surface area contributed by atoms with Crippen molar-refractivity contribution in [3.63, 3.8) is 0 Å². The molecule has 0 fully saturated rings. The summed E-state index contributed by atoms with van der Waals surface area (Å²) in [5.41, 5.74) is 7.68. The van der Waals surface area contributed by atoms with E-state index >= 15 is 0 Å². The highest BCUT2D eigenvalue weighted by Gasteiger charge is 2.33. The molecule has 33 heavy (non-hydrogen) atoms. The minimum Gasteiger partial charge on any atom is -0.318 e. The van der Waals surface area contributed by atoms with Crippen molar-refractivity contribution in [2.75, 3.05) is 5.32 Å². The van der Waals surface area contributed by atoms with Crippen LogP contribution < -0.4 is 5.32 Å². The number of aryl methyl sites for hydroxylation is 1. The van der Waals surface area contributed by atoms with E-state index in [0.717, 1.165) is 33.8 Å². The summed E-state index contributed by atoms with van der Waals surface area (Å²) in [5, 5.41) is 3.13. The van der Waals surface area contributed by atoms with Gasteiger partial charge in [0, 0.05) is 17.6 Å². The Kier molecular flexibility index (Phi) is 5.51. The van der Waals surface area contributed by atoms with Crippen LogP contribution in [0.1, 0.15) is 53.8 Å². The Morgan fingerprint density at radius 1 is 0.909 bits per heavy atom. The van der Waals surface area contributed by atoms with Gasteiger partial charge in [0.25, 0.3) is 0 Å². The molecule has 0 spiro atoms. The molecule has 0 bridgehead atoms. The summed E-state index contributed by atoms with van der Waals surface area (Å²) >= 11 is 0. The van der Waals surface area contributed by atoms with E-state index in [4.69, 9.17) is 0 Å². The lowest BCUT2D eigenvalue weighted by molar-refractivity contribution is 0.194. The van der Waals surface area contributed by atoms with E-state index < -0.39 is 0 Å². The number of nitrogens with one attached hydrogen (secondary N) is 1. The van der Waals surface area contributed by atoms with Crippen LogP contribution in [0.2, 0.25) is 0 Å². The monoisotopic (exact) mass is 435 g/mol. The van der Waals surface area contributed by atoms with Crippen LogP contribution in [0, 0.1) is 6.92 Å². The SMILES string of the molecule is Cc1ccc(NC(=O)N2Cc3ccccc3-n3cccc3C2c2ccc(C(C)C)cc2)cc1. The number of benzene rings is 3. The summed E-state index contributed by atoms with van der Waals surface area (Å²) in [6.45, 7) is 6.96. The van der Waals surface area contributed by atoms with Crippen molar-refractivity contribution in [3.05, 3.63) is 119 Å². The molecule has 4 aromatic rings. The van der Waals surface area contributed by atoms with E-state index in [2.05, 4.69) is 84.5 Å². The van der Waals surface area contributed by atoms with Gasteiger partial charge in [0.15, 0.2) is 0 Å². The number of amides is 2. The quantitative estimate of drug-likeness (QED) is 0.368. The molecule has 5 rings (SSSR count). The smallest absolute Gasteiger partial charge is 0.318 e. The molecule has 2 heterocycles. The van der Waals surface area contributed by atoms with Gasteiger partial charge in [-0.1, -0.05) is 74.0 Å². The summed E-state index contributed by atoms with van der Waals surface area (Å²) in [6, 6.07) is 28.8. The number of carbonyl (C=O) groups excluding carboxylic acids is 1. The Balaban J connectivity index is 1.61. The molecule has 4 nitrogen and oxygen atoms in total. The Hall–Kier alpha value is -3.79. The third-order valence-electron chi connectivity index (χ3n) is 6.45. The number of fused-ring (bicyclic) bond motifs is 3. The molecule has 2 amide bonds. The molecule has 166 valence electrons. The number of nitrogens with zero attached hydrogens (tertiary/aromatic N) is 2. The van der Waals surface area contributed by atoms with E-state index in [-0.39, 0.29) is 12.1 Å². The molecule has 1 atom stereocenters. The molecular weight excluding hydrogens is 406 g/mol. The molecule has 1 unspecified atom stereocenters. The summed E-state index contributed by atoms with van der Waals surface area (Å²) in [5.74, 6) is 0.460. The van der Waals surface area contributed by atoms with Crippen LogP contribution in [0.4, 0.5) is 10.5 Å². The molecule has 3 aromatic carbocycles. The maximum absolute atomic E-state index is 13.7. The van der Waals surface area contributed by atoms with Crippen molar-refractivity contribution in [2.45, 2.75) is 39.3 Å². The summed E-state index contributed by atoms with van der Waals surface area (Å²) in [6.07, 6.45) is 2.09. The van der Waals surface area contributed by atoms with E-state index in [9.17, 15) is 4.79 Å². The number of hydrogen-bond acceptors (Lipinski definition) is 1. The van der Waals surface area contributed by atoms with Crippen LogP contribution >= 0.6 is 0 Å². The van der Waals surface area contributed by atoms with Crippen molar-refractivity contribution in [3.8, 4) is 5.69 Å². The topological polar surface area (TPSA) is 37.3 Å². The Morgan fingerprint density at radius 2 is 1.64 bits per heavy atom. The van der Waals surface area contributed by atoms with Gasteiger partial charge in [0.05, 0.1) is 18.3 Å². The minimum absolute atomic E-state index is 0.110. The average Bonchev–Trinajstić information content (AvgIpc) is 3.25. The number of urea groups is 1.